The highest BCUT2D eigenvalue weighted by atomic mass is 19.4. The predicted octanol–water partition coefficient (Wildman–Crippen LogP) is 2.60. The number of hydrogen-bond donors (Lipinski definition) is 2. The van der Waals surface area contributed by atoms with Crippen LogP contribution in [0.3, 0.4) is 0 Å². The molecule has 18 heavy (non-hydrogen) atoms. The van der Waals surface area contributed by atoms with Gasteiger partial charge in [-0.15, -0.1) is 0 Å². The first-order valence-corrected chi connectivity index (χ1v) is 5.43. The van der Waals surface area contributed by atoms with Crippen LogP contribution in [0.25, 0.3) is 10.9 Å². The van der Waals surface area contributed by atoms with Gasteiger partial charge in [-0.05, 0) is 23.8 Å². The first-order chi connectivity index (χ1) is 8.47. The Bertz CT molecular complexity index is 675. The molecular formula is C12H9F3N2O. The zero-order valence-corrected chi connectivity index (χ0v) is 9.14. The molecule has 0 saturated heterocycles. The molecule has 2 heterocycles. The third kappa shape index (κ3) is 1.56. The smallest absolute Gasteiger partial charge is 0.384 e. The van der Waals surface area contributed by atoms with Crippen LogP contribution in [-0.4, -0.2) is 17.7 Å². The minimum atomic E-state index is -4.29. The van der Waals surface area contributed by atoms with E-state index in [1.807, 2.05) is 0 Å². The second kappa shape index (κ2) is 3.51. The number of alkyl halides is 3. The van der Waals surface area contributed by atoms with Gasteiger partial charge in [-0.1, -0.05) is 0 Å². The van der Waals surface area contributed by atoms with Gasteiger partial charge in [0.2, 0.25) is 5.56 Å². The summed E-state index contributed by atoms with van der Waals surface area (Å²) >= 11 is 0. The van der Waals surface area contributed by atoms with Crippen LogP contribution in [0.4, 0.5) is 18.9 Å². The molecule has 0 radical (unpaired) electrons. The van der Waals surface area contributed by atoms with Gasteiger partial charge in [-0.3, -0.25) is 4.79 Å². The standard InChI is InChI=1S/C12H9F3N2O/c13-12(14,15)7-5-16-9-3-2-8-6(11(7)9)1-4-10(18)17-8/h1-4,7,16H,5H2,(H,17,18). The fourth-order valence-corrected chi connectivity index (χ4v) is 2.38. The van der Waals surface area contributed by atoms with Gasteiger partial charge in [-0.2, -0.15) is 13.2 Å². The lowest BCUT2D eigenvalue weighted by atomic mass is 9.96. The molecule has 1 aromatic carbocycles. The van der Waals surface area contributed by atoms with Gasteiger partial charge >= 0.3 is 6.18 Å². The van der Waals surface area contributed by atoms with E-state index in [1.54, 1.807) is 12.1 Å². The van der Waals surface area contributed by atoms with Crippen molar-refractivity contribution in [3.8, 4) is 0 Å². The van der Waals surface area contributed by atoms with Crippen molar-refractivity contribution in [1.29, 1.82) is 0 Å². The number of benzene rings is 1. The van der Waals surface area contributed by atoms with Crippen molar-refractivity contribution >= 4 is 16.6 Å². The zero-order valence-electron chi connectivity index (χ0n) is 9.14. The van der Waals surface area contributed by atoms with Crippen molar-refractivity contribution < 1.29 is 13.2 Å². The number of halogens is 3. The number of rotatable bonds is 0. The number of hydrogen-bond acceptors (Lipinski definition) is 2. The van der Waals surface area contributed by atoms with E-state index < -0.39 is 12.1 Å². The molecule has 1 atom stereocenters. The molecule has 3 nitrogen and oxygen atoms in total. The maximum absolute atomic E-state index is 12.9. The van der Waals surface area contributed by atoms with E-state index in [0.717, 1.165) is 0 Å². The molecular weight excluding hydrogens is 245 g/mol. The molecule has 1 aliphatic rings. The maximum Gasteiger partial charge on any atom is 0.397 e. The Kier molecular flexibility index (Phi) is 2.17. The van der Waals surface area contributed by atoms with Crippen LogP contribution >= 0.6 is 0 Å². The van der Waals surface area contributed by atoms with Crippen LogP contribution in [0.15, 0.2) is 29.1 Å². The number of H-pyrrole nitrogens is 1. The monoisotopic (exact) mass is 254 g/mol. The van der Waals surface area contributed by atoms with E-state index in [-0.39, 0.29) is 17.7 Å². The second-order valence-corrected chi connectivity index (χ2v) is 4.29. The van der Waals surface area contributed by atoms with Gasteiger partial charge < -0.3 is 10.3 Å². The van der Waals surface area contributed by atoms with Gasteiger partial charge in [0, 0.05) is 29.2 Å². The predicted molar refractivity (Wildman–Crippen MR) is 61.9 cm³/mol. The Hall–Kier alpha value is -1.98. The van der Waals surface area contributed by atoms with Crippen molar-refractivity contribution in [2.45, 2.75) is 12.1 Å². The summed E-state index contributed by atoms with van der Waals surface area (Å²) in [5, 5.41) is 3.20. The highest BCUT2D eigenvalue weighted by Gasteiger charge is 2.45. The van der Waals surface area contributed by atoms with Gasteiger partial charge in [0.1, 0.15) is 0 Å². The molecule has 0 spiro atoms. The molecule has 94 valence electrons. The van der Waals surface area contributed by atoms with Crippen LogP contribution in [0.1, 0.15) is 11.5 Å². The lowest BCUT2D eigenvalue weighted by molar-refractivity contribution is -0.145. The van der Waals surface area contributed by atoms with Gasteiger partial charge in [0.05, 0.1) is 5.92 Å². The maximum atomic E-state index is 12.9. The lowest BCUT2D eigenvalue weighted by Gasteiger charge is -2.15. The first-order valence-electron chi connectivity index (χ1n) is 5.43. The van der Waals surface area contributed by atoms with Crippen molar-refractivity contribution in [2.24, 2.45) is 0 Å². The number of nitrogens with one attached hydrogen (secondary N) is 2. The number of anilines is 1. The normalized spacial score (nSPS) is 18.7. The Morgan fingerprint density at radius 3 is 2.67 bits per heavy atom. The number of fused-ring (bicyclic) bond motifs is 3. The van der Waals surface area contributed by atoms with E-state index in [2.05, 4.69) is 10.3 Å². The number of pyridine rings is 1. The van der Waals surface area contributed by atoms with Gasteiger partial charge in [-0.25, -0.2) is 0 Å². The molecule has 3 rings (SSSR count). The highest BCUT2D eigenvalue weighted by Crippen LogP contribution is 2.45. The Labute approximate surface area is 99.6 Å². The van der Waals surface area contributed by atoms with E-state index in [1.165, 1.54) is 12.1 Å². The fourth-order valence-electron chi connectivity index (χ4n) is 2.38. The summed E-state index contributed by atoms with van der Waals surface area (Å²) in [5.41, 5.74) is 0.810. The van der Waals surface area contributed by atoms with Crippen LogP contribution in [0.5, 0.6) is 0 Å². The van der Waals surface area contributed by atoms with E-state index >= 15 is 0 Å². The average Bonchev–Trinajstić information content (AvgIpc) is 2.71. The molecule has 1 aromatic heterocycles. The summed E-state index contributed by atoms with van der Waals surface area (Å²) in [5.74, 6) is -1.53. The highest BCUT2D eigenvalue weighted by molar-refractivity contribution is 5.89. The van der Waals surface area contributed by atoms with Crippen molar-refractivity contribution in [3.05, 3.63) is 40.2 Å². The van der Waals surface area contributed by atoms with Gasteiger partial charge in [0.25, 0.3) is 0 Å². The van der Waals surface area contributed by atoms with E-state index in [4.69, 9.17) is 0 Å². The molecule has 0 saturated carbocycles. The average molecular weight is 254 g/mol. The largest absolute Gasteiger partial charge is 0.397 e. The SMILES string of the molecule is O=c1ccc2c3c(ccc2[nH]1)NCC3C(F)(F)F. The lowest BCUT2D eigenvalue weighted by Crippen LogP contribution is -2.22. The van der Waals surface area contributed by atoms with Crippen molar-refractivity contribution in [2.75, 3.05) is 11.9 Å². The summed E-state index contributed by atoms with van der Waals surface area (Å²) in [6.07, 6.45) is -4.29. The number of aromatic amines is 1. The number of aromatic nitrogens is 1. The molecule has 0 aliphatic carbocycles. The molecule has 0 fully saturated rings. The Morgan fingerprint density at radius 1 is 1.17 bits per heavy atom. The summed E-state index contributed by atoms with van der Waals surface area (Å²) in [6.45, 7) is -0.156. The molecule has 6 heteroatoms. The van der Waals surface area contributed by atoms with Gasteiger partial charge in [0.15, 0.2) is 0 Å². The van der Waals surface area contributed by atoms with E-state index in [0.29, 0.717) is 16.6 Å². The molecule has 1 unspecified atom stereocenters. The topological polar surface area (TPSA) is 44.9 Å². The van der Waals surface area contributed by atoms with E-state index in [9.17, 15) is 18.0 Å². The fraction of sp³-hybridized carbons (Fsp3) is 0.250. The molecule has 2 aromatic rings. The summed E-state index contributed by atoms with van der Waals surface area (Å²) in [6, 6.07) is 5.87. The van der Waals surface area contributed by atoms with Crippen LogP contribution < -0.4 is 10.9 Å². The third-order valence-electron chi connectivity index (χ3n) is 3.19. The molecule has 0 amide bonds. The van der Waals surface area contributed by atoms with Crippen LogP contribution in [0, 0.1) is 0 Å². The minimum Gasteiger partial charge on any atom is -0.384 e. The first kappa shape index (κ1) is 11.1. The Morgan fingerprint density at radius 2 is 1.94 bits per heavy atom. The van der Waals surface area contributed by atoms with Crippen LogP contribution in [0.2, 0.25) is 0 Å². The summed E-state index contributed by atoms with van der Waals surface area (Å²) < 4.78 is 38.8. The third-order valence-corrected chi connectivity index (χ3v) is 3.19. The minimum absolute atomic E-state index is 0.156. The quantitative estimate of drug-likeness (QED) is 0.759. The Balaban J connectivity index is 2.31. The van der Waals surface area contributed by atoms with Crippen LogP contribution in [-0.2, 0) is 0 Å². The second-order valence-electron chi connectivity index (χ2n) is 4.29. The molecule has 0 bridgehead atoms. The molecule has 1 aliphatic heterocycles. The van der Waals surface area contributed by atoms with Crippen molar-refractivity contribution in [3.63, 3.8) is 0 Å². The summed E-state index contributed by atoms with van der Waals surface area (Å²) in [7, 11) is 0. The summed E-state index contributed by atoms with van der Waals surface area (Å²) in [4.78, 5) is 13.7. The van der Waals surface area contributed by atoms with Crippen molar-refractivity contribution in [1.82, 2.24) is 4.98 Å². The zero-order chi connectivity index (χ0) is 12.9. The molecule has 2 N–H and O–H groups in total.